The highest BCUT2D eigenvalue weighted by molar-refractivity contribution is 8.07. The van der Waals surface area contributed by atoms with E-state index in [9.17, 15) is 0 Å². The van der Waals surface area contributed by atoms with E-state index in [1.54, 1.807) is 0 Å². The van der Waals surface area contributed by atoms with Gasteiger partial charge in [0.05, 0.1) is 0 Å². The van der Waals surface area contributed by atoms with Crippen LogP contribution in [-0.4, -0.2) is 0 Å². The van der Waals surface area contributed by atoms with E-state index in [-0.39, 0.29) is 0 Å². The number of rotatable bonds is 3. The molecule has 0 aliphatic rings. The van der Waals surface area contributed by atoms with Gasteiger partial charge in [0, 0.05) is 22.4 Å². The van der Waals surface area contributed by atoms with Crippen molar-refractivity contribution in [3.05, 3.63) is 0 Å². The first-order valence-electron chi connectivity index (χ1n) is 3.79. The lowest BCUT2D eigenvalue weighted by atomic mass is 9.86. The Morgan fingerprint density at radius 3 is 1.60 bits per heavy atom. The summed E-state index contributed by atoms with van der Waals surface area (Å²) in [5.74, 6) is 0. The van der Waals surface area contributed by atoms with Gasteiger partial charge in [-0.3, -0.25) is 0 Å². The topological polar surface area (TPSA) is 0 Å². The van der Waals surface area contributed by atoms with Crippen LogP contribution in [0.25, 0.3) is 0 Å². The summed E-state index contributed by atoms with van der Waals surface area (Å²) in [5.41, 5.74) is 0.592. The van der Waals surface area contributed by atoms with Crippen molar-refractivity contribution in [3.8, 4) is 0 Å². The lowest BCUT2D eigenvalue weighted by Crippen LogP contribution is -2.07. The molecule has 0 aromatic heterocycles. The fourth-order valence-electron chi connectivity index (χ4n) is 0.854. The van der Waals surface area contributed by atoms with Gasteiger partial charge in [0.25, 0.3) is 0 Å². The molecule has 0 spiro atoms. The van der Waals surface area contributed by atoms with E-state index in [4.69, 9.17) is 0 Å². The van der Waals surface area contributed by atoms with Crippen LogP contribution in [0, 0.1) is 5.41 Å². The van der Waals surface area contributed by atoms with Crippen molar-refractivity contribution in [2.45, 2.75) is 47.0 Å². The molecule has 0 rings (SSSR count). The zero-order valence-electron chi connectivity index (χ0n) is 7.44. The molecule has 0 N–H and O–H groups in total. The SMILES string of the molecule is CCCC(C)(C)CC.S=S. The Balaban J connectivity index is 0. The average molecular weight is 178 g/mol. The van der Waals surface area contributed by atoms with Crippen molar-refractivity contribution in [2.24, 2.45) is 5.41 Å². The lowest BCUT2D eigenvalue weighted by molar-refractivity contribution is 0.319. The molecular formula is C8H18S2. The number of hydrogen-bond donors (Lipinski definition) is 0. The maximum atomic E-state index is 3.67. The van der Waals surface area contributed by atoms with Crippen LogP contribution in [-0.2, 0) is 22.4 Å². The summed E-state index contributed by atoms with van der Waals surface area (Å²) < 4.78 is 0. The second kappa shape index (κ2) is 7.55. The van der Waals surface area contributed by atoms with Crippen molar-refractivity contribution in [3.63, 3.8) is 0 Å². The van der Waals surface area contributed by atoms with Crippen LogP contribution in [0.5, 0.6) is 0 Å². The molecule has 0 heterocycles. The zero-order valence-corrected chi connectivity index (χ0v) is 9.07. The van der Waals surface area contributed by atoms with Gasteiger partial charge >= 0.3 is 0 Å². The molecule has 0 saturated heterocycles. The fraction of sp³-hybridized carbons (Fsp3) is 1.00. The minimum atomic E-state index is 0.592. The first-order valence-corrected chi connectivity index (χ1v) is 5.12. The van der Waals surface area contributed by atoms with Crippen LogP contribution in [0.3, 0.4) is 0 Å². The van der Waals surface area contributed by atoms with E-state index in [1.807, 2.05) is 0 Å². The van der Waals surface area contributed by atoms with E-state index in [0.717, 1.165) is 0 Å². The first kappa shape index (κ1) is 13.1. The summed E-state index contributed by atoms with van der Waals surface area (Å²) in [6.07, 6.45) is 3.99. The van der Waals surface area contributed by atoms with Gasteiger partial charge in [-0.2, -0.15) is 0 Å². The highest BCUT2D eigenvalue weighted by Gasteiger charge is 2.11. The molecule has 62 valence electrons. The van der Waals surface area contributed by atoms with E-state index in [1.165, 1.54) is 19.3 Å². The van der Waals surface area contributed by atoms with Crippen molar-refractivity contribution in [1.82, 2.24) is 0 Å². The zero-order chi connectivity index (χ0) is 8.62. The van der Waals surface area contributed by atoms with Crippen LogP contribution in [0.15, 0.2) is 0 Å². The Morgan fingerprint density at radius 2 is 1.50 bits per heavy atom. The first-order chi connectivity index (χ1) is 4.62. The van der Waals surface area contributed by atoms with Crippen LogP contribution in [0.1, 0.15) is 47.0 Å². The van der Waals surface area contributed by atoms with Crippen molar-refractivity contribution in [2.75, 3.05) is 0 Å². The summed E-state index contributed by atoms with van der Waals surface area (Å²) in [6.45, 7) is 9.17. The van der Waals surface area contributed by atoms with Crippen LogP contribution < -0.4 is 0 Å². The molecule has 2 heteroatoms. The third-order valence-electron chi connectivity index (χ3n) is 1.88. The van der Waals surface area contributed by atoms with E-state index in [2.05, 4.69) is 50.1 Å². The van der Waals surface area contributed by atoms with Gasteiger partial charge in [0.1, 0.15) is 0 Å². The molecule has 0 aliphatic heterocycles. The molecule has 0 nitrogen and oxygen atoms in total. The van der Waals surface area contributed by atoms with Gasteiger partial charge in [0.2, 0.25) is 0 Å². The fourth-order valence-corrected chi connectivity index (χ4v) is 0.854. The van der Waals surface area contributed by atoms with E-state index < -0.39 is 0 Å². The second-order valence-corrected chi connectivity index (χ2v) is 3.27. The summed E-state index contributed by atoms with van der Waals surface area (Å²) >= 11 is 7.33. The van der Waals surface area contributed by atoms with Crippen molar-refractivity contribution >= 4 is 22.4 Å². The predicted molar refractivity (Wildman–Crippen MR) is 53.7 cm³/mol. The van der Waals surface area contributed by atoms with Crippen LogP contribution >= 0.6 is 0 Å². The Bertz CT molecular complexity index is 69.7. The molecule has 0 atom stereocenters. The largest absolute Gasteiger partial charge is 0.0654 e. The third-order valence-corrected chi connectivity index (χ3v) is 1.88. The number of hydrogen-bond acceptors (Lipinski definition) is 2. The summed E-state index contributed by atoms with van der Waals surface area (Å²) in [7, 11) is 0. The molecule has 0 unspecified atom stereocenters. The molecule has 10 heavy (non-hydrogen) atoms. The van der Waals surface area contributed by atoms with Gasteiger partial charge in [-0.15, -0.1) is 0 Å². The van der Waals surface area contributed by atoms with Gasteiger partial charge in [-0.1, -0.05) is 40.5 Å². The quantitative estimate of drug-likeness (QED) is 0.651. The molecule has 0 aromatic carbocycles. The Labute approximate surface area is 75.1 Å². The maximum absolute atomic E-state index is 3.67. The lowest BCUT2D eigenvalue weighted by Gasteiger charge is -2.20. The van der Waals surface area contributed by atoms with Gasteiger partial charge < -0.3 is 0 Å². The Morgan fingerprint density at radius 1 is 1.10 bits per heavy atom. The smallest absolute Gasteiger partial charge is 0 e. The molecule has 0 bridgehead atoms. The van der Waals surface area contributed by atoms with Crippen molar-refractivity contribution in [1.29, 1.82) is 0 Å². The standard InChI is InChI=1S/C8H18.S2/c1-5-7-8(3,4)6-2;1-2/h5-7H2,1-4H3;. The summed E-state index contributed by atoms with van der Waals surface area (Å²) in [4.78, 5) is 0. The van der Waals surface area contributed by atoms with Crippen LogP contribution in [0.2, 0.25) is 0 Å². The third kappa shape index (κ3) is 8.44. The van der Waals surface area contributed by atoms with E-state index in [0.29, 0.717) is 5.41 Å². The monoisotopic (exact) mass is 178 g/mol. The molecule has 0 fully saturated rings. The van der Waals surface area contributed by atoms with Crippen LogP contribution in [0.4, 0.5) is 0 Å². The Kier molecular flexibility index (Phi) is 9.86. The van der Waals surface area contributed by atoms with Crippen molar-refractivity contribution < 1.29 is 0 Å². The molecule has 0 amide bonds. The van der Waals surface area contributed by atoms with Gasteiger partial charge in [-0.05, 0) is 11.8 Å². The highest BCUT2D eigenvalue weighted by Crippen LogP contribution is 2.25. The minimum Gasteiger partial charge on any atom is -0.0654 e. The second-order valence-electron chi connectivity index (χ2n) is 3.27. The van der Waals surface area contributed by atoms with Gasteiger partial charge in [0.15, 0.2) is 0 Å². The highest BCUT2D eigenvalue weighted by atomic mass is 32.8. The average Bonchev–Trinajstić information content (AvgIpc) is 1.93. The van der Waals surface area contributed by atoms with E-state index >= 15 is 0 Å². The molecule has 0 aliphatic carbocycles. The Hall–Kier alpha value is 0.440. The summed E-state index contributed by atoms with van der Waals surface area (Å²) in [5, 5.41) is 0. The summed E-state index contributed by atoms with van der Waals surface area (Å²) in [6, 6.07) is 0. The maximum Gasteiger partial charge on any atom is 0 e. The minimum absolute atomic E-state index is 0.592. The predicted octanol–water partition coefficient (Wildman–Crippen LogP) is 3.22. The molecule has 0 radical (unpaired) electrons. The normalized spacial score (nSPS) is 10.0. The molecule has 0 saturated carbocycles. The molecular weight excluding hydrogens is 160 g/mol. The molecule has 0 aromatic rings. The van der Waals surface area contributed by atoms with Gasteiger partial charge in [-0.25, -0.2) is 0 Å².